The van der Waals surface area contributed by atoms with Gasteiger partial charge in [-0.25, -0.2) is 9.38 Å². The Morgan fingerprint density at radius 1 is 1.33 bits per heavy atom. The molecule has 7 heteroatoms. The summed E-state index contributed by atoms with van der Waals surface area (Å²) in [6.07, 6.45) is 2.87. The van der Waals surface area contributed by atoms with Crippen molar-refractivity contribution < 1.29 is 4.39 Å². The van der Waals surface area contributed by atoms with Gasteiger partial charge in [0.05, 0.1) is 0 Å². The average Bonchev–Trinajstić information content (AvgIpc) is 3.16. The van der Waals surface area contributed by atoms with Gasteiger partial charge >= 0.3 is 0 Å². The lowest BCUT2D eigenvalue weighted by molar-refractivity contribution is 0.625. The topological polar surface area (TPSA) is 67.1 Å². The van der Waals surface area contributed by atoms with E-state index < -0.39 is 0 Å². The third-order valence-electron chi connectivity index (χ3n) is 4.00. The first kappa shape index (κ1) is 16.4. The number of aromatic nitrogens is 3. The second kappa shape index (κ2) is 7.90. The molecule has 0 bridgehead atoms. The molecule has 0 unspecified atom stereocenters. The minimum Gasteiger partial charge on any atom is -0.357 e. The fraction of sp³-hybridized carbons (Fsp3) is 0.471. The summed E-state index contributed by atoms with van der Waals surface area (Å²) in [5.41, 5.74) is 0.966. The van der Waals surface area contributed by atoms with Crippen molar-refractivity contribution in [2.45, 2.75) is 39.3 Å². The molecule has 0 radical (unpaired) electrons. The number of halogens is 1. The van der Waals surface area contributed by atoms with Gasteiger partial charge in [0.25, 0.3) is 0 Å². The number of rotatable bonds is 6. The second-order valence-corrected chi connectivity index (χ2v) is 5.79. The maximum absolute atomic E-state index is 13.2. The number of nitrogens with one attached hydrogen (secondary N) is 2. The van der Waals surface area contributed by atoms with E-state index >= 15 is 0 Å². The number of hydrogen-bond acceptors (Lipinski definition) is 3. The molecule has 1 aliphatic rings. The number of benzene rings is 1. The Bertz CT molecular complexity index is 709. The van der Waals surface area contributed by atoms with E-state index in [4.69, 9.17) is 0 Å². The van der Waals surface area contributed by atoms with Crippen LogP contribution in [0.3, 0.4) is 0 Å². The largest absolute Gasteiger partial charge is 0.357 e. The lowest BCUT2D eigenvalue weighted by Crippen LogP contribution is -2.38. The first-order valence-corrected chi connectivity index (χ1v) is 8.44. The second-order valence-electron chi connectivity index (χ2n) is 5.79. The smallest absolute Gasteiger partial charge is 0.191 e. The van der Waals surface area contributed by atoms with Gasteiger partial charge in [-0.05, 0) is 37.5 Å². The van der Waals surface area contributed by atoms with Crippen LogP contribution in [-0.4, -0.2) is 33.8 Å². The summed E-state index contributed by atoms with van der Waals surface area (Å²) in [5, 5.41) is 14.9. The maximum atomic E-state index is 13.2. The average molecular weight is 330 g/mol. The van der Waals surface area contributed by atoms with Crippen LogP contribution < -0.4 is 10.6 Å². The number of hydrogen-bond donors (Lipinski definition) is 2. The molecule has 0 spiro atoms. The van der Waals surface area contributed by atoms with Crippen LogP contribution >= 0.6 is 0 Å². The Labute approximate surface area is 141 Å². The Hall–Kier alpha value is -2.44. The fourth-order valence-corrected chi connectivity index (χ4v) is 2.84. The Morgan fingerprint density at radius 2 is 2.25 bits per heavy atom. The fourth-order valence-electron chi connectivity index (χ4n) is 2.84. The highest BCUT2D eigenvalue weighted by molar-refractivity contribution is 5.79. The summed E-state index contributed by atoms with van der Waals surface area (Å²) < 4.78 is 15.3. The molecule has 3 rings (SSSR count). The van der Waals surface area contributed by atoms with E-state index in [-0.39, 0.29) is 5.82 Å². The van der Waals surface area contributed by atoms with Gasteiger partial charge in [0.1, 0.15) is 18.2 Å². The molecule has 1 aliphatic heterocycles. The molecular formula is C17H23FN6. The van der Waals surface area contributed by atoms with Crippen molar-refractivity contribution in [1.82, 2.24) is 25.4 Å². The molecule has 0 saturated carbocycles. The maximum Gasteiger partial charge on any atom is 0.191 e. The molecule has 0 saturated heterocycles. The summed E-state index contributed by atoms with van der Waals surface area (Å²) in [6.45, 7) is 4.98. The van der Waals surface area contributed by atoms with Gasteiger partial charge in [-0.2, -0.15) is 0 Å². The minimum atomic E-state index is -0.200. The highest BCUT2D eigenvalue weighted by Gasteiger charge is 2.16. The van der Waals surface area contributed by atoms with E-state index in [1.165, 1.54) is 6.07 Å². The van der Waals surface area contributed by atoms with Crippen LogP contribution in [0.5, 0.6) is 0 Å². The molecule has 0 amide bonds. The van der Waals surface area contributed by atoms with Crippen LogP contribution in [0.4, 0.5) is 4.39 Å². The van der Waals surface area contributed by atoms with Gasteiger partial charge in [-0.1, -0.05) is 12.1 Å². The van der Waals surface area contributed by atoms with Crippen molar-refractivity contribution in [2.75, 3.05) is 13.1 Å². The van der Waals surface area contributed by atoms with Gasteiger partial charge in [-0.15, -0.1) is 10.2 Å². The first-order chi connectivity index (χ1) is 11.8. The van der Waals surface area contributed by atoms with E-state index in [0.717, 1.165) is 55.5 Å². The minimum absolute atomic E-state index is 0.200. The molecule has 1 aromatic carbocycles. The zero-order chi connectivity index (χ0) is 16.8. The van der Waals surface area contributed by atoms with Crippen molar-refractivity contribution in [3.05, 3.63) is 47.3 Å². The lowest BCUT2D eigenvalue weighted by atomic mass is 10.1. The molecule has 2 aromatic rings. The molecule has 2 N–H and O–H groups in total. The molecule has 2 heterocycles. The van der Waals surface area contributed by atoms with Crippen molar-refractivity contribution in [3.8, 4) is 0 Å². The molecule has 0 aliphatic carbocycles. The monoisotopic (exact) mass is 330 g/mol. The number of aliphatic imine (C=N–C) groups is 1. The van der Waals surface area contributed by atoms with Crippen LogP contribution in [0, 0.1) is 5.82 Å². The zero-order valence-corrected chi connectivity index (χ0v) is 13.9. The van der Waals surface area contributed by atoms with Crippen molar-refractivity contribution >= 4 is 5.96 Å². The highest BCUT2D eigenvalue weighted by atomic mass is 19.1. The van der Waals surface area contributed by atoms with Crippen LogP contribution in [0.1, 0.15) is 30.6 Å². The predicted octanol–water partition coefficient (Wildman–Crippen LogP) is 1.66. The molecular weight excluding hydrogens is 307 g/mol. The molecule has 0 atom stereocenters. The number of aryl methyl sites for hydroxylation is 1. The van der Waals surface area contributed by atoms with E-state index in [0.29, 0.717) is 13.1 Å². The number of guanidine groups is 1. The third-order valence-corrected chi connectivity index (χ3v) is 4.00. The van der Waals surface area contributed by atoms with Gasteiger partial charge in [0.15, 0.2) is 11.8 Å². The van der Waals surface area contributed by atoms with Gasteiger partial charge in [0.2, 0.25) is 0 Å². The molecule has 6 nitrogen and oxygen atoms in total. The Morgan fingerprint density at radius 3 is 3.08 bits per heavy atom. The van der Waals surface area contributed by atoms with Crippen molar-refractivity contribution in [3.63, 3.8) is 0 Å². The predicted molar refractivity (Wildman–Crippen MR) is 91.3 cm³/mol. The SMILES string of the molecule is CCNC(=NCc1nnc2n1CCC2)NCCc1cccc(F)c1. The molecule has 0 fully saturated rings. The third kappa shape index (κ3) is 4.10. The molecule has 24 heavy (non-hydrogen) atoms. The van der Waals surface area contributed by atoms with Gasteiger partial charge in [-0.3, -0.25) is 0 Å². The summed E-state index contributed by atoms with van der Waals surface area (Å²) in [5.74, 6) is 2.51. The first-order valence-electron chi connectivity index (χ1n) is 8.44. The van der Waals surface area contributed by atoms with E-state index in [9.17, 15) is 4.39 Å². The summed E-state index contributed by atoms with van der Waals surface area (Å²) in [4.78, 5) is 4.58. The Kier molecular flexibility index (Phi) is 5.40. The quantitative estimate of drug-likeness (QED) is 0.624. The van der Waals surface area contributed by atoms with E-state index in [2.05, 4.69) is 30.4 Å². The van der Waals surface area contributed by atoms with Crippen molar-refractivity contribution in [2.24, 2.45) is 4.99 Å². The van der Waals surface area contributed by atoms with Crippen LogP contribution in [0.15, 0.2) is 29.3 Å². The van der Waals surface area contributed by atoms with Crippen molar-refractivity contribution in [1.29, 1.82) is 0 Å². The molecule has 1 aromatic heterocycles. The van der Waals surface area contributed by atoms with Gasteiger partial charge in [0, 0.05) is 26.1 Å². The van der Waals surface area contributed by atoms with E-state index in [1.54, 1.807) is 12.1 Å². The zero-order valence-electron chi connectivity index (χ0n) is 13.9. The number of nitrogens with zero attached hydrogens (tertiary/aromatic N) is 4. The highest BCUT2D eigenvalue weighted by Crippen LogP contribution is 2.14. The van der Waals surface area contributed by atoms with Crippen LogP contribution in [-0.2, 0) is 25.9 Å². The van der Waals surface area contributed by atoms with Crippen LogP contribution in [0.2, 0.25) is 0 Å². The molecule has 128 valence electrons. The standard InChI is InChI=1S/C17H23FN6/c1-2-19-17(20-9-8-13-5-3-6-14(18)11-13)21-12-16-23-22-15-7-4-10-24(15)16/h3,5-6,11H,2,4,7-10,12H2,1H3,(H2,19,20,21). The van der Waals surface area contributed by atoms with E-state index in [1.807, 2.05) is 13.0 Å². The summed E-state index contributed by atoms with van der Waals surface area (Å²) in [7, 11) is 0. The number of fused-ring (bicyclic) bond motifs is 1. The lowest BCUT2D eigenvalue weighted by Gasteiger charge is -2.11. The van der Waals surface area contributed by atoms with Gasteiger partial charge < -0.3 is 15.2 Å². The normalized spacial score (nSPS) is 13.8. The Balaban J connectivity index is 1.55. The summed E-state index contributed by atoms with van der Waals surface area (Å²) in [6, 6.07) is 6.68. The summed E-state index contributed by atoms with van der Waals surface area (Å²) >= 11 is 0. The van der Waals surface area contributed by atoms with Crippen LogP contribution in [0.25, 0.3) is 0 Å².